The summed E-state index contributed by atoms with van der Waals surface area (Å²) in [6.45, 7) is 5.98. The van der Waals surface area contributed by atoms with E-state index in [1.165, 1.54) is 17.8 Å². The molecule has 2 amide bonds. The van der Waals surface area contributed by atoms with Crippen molar-refractivity contribution in [2.45, 2.75) is 24.7 Å². The fourth-order valence-electron chi connectivity index (χ4n) is 3.59. The number of hydrogen-bond acceptors (Lipinski definition) is 7. The van der Waals surface area contributed by atoms with Crippen molar-refractivity contribution in [2.24, 2.45) is 10.2 Å². The molecule has 1 unspecified atom stereocenters. The Morgan fingerprint density at radius 2 is 1.73 bits per heavy atom. The molecular formula is C28H25Cl2N7O2S. The second-order valence-corrected chi connectivity index (χ2v) is 10.3. The summed E-state index contributed by atoms with van der Waals surface area (Å²) in [5, 5.41) is 23.8. The van der Waals surface area contributed by atoms with Crippen molar-refractivity contribution in [3.63, 3.8) is 0 Å². The largest absolute Gasteiger partial charge is 0.342 e. The van der Waals surface area contributed by atoms with Crippen LogP contribution < -0.4 is 10.6 Å². The van der Waals surface area contributed by atoms with E-state index >= 15 is 0 Å². The van der Waals surface area contributed by atoms with Crippen LogP contribution in [0.2, 0.25) is 10.0 Å². The van der Waals surface area contributed by atoms with E-state index in [0.717, 1.165) is 5.69 Å². The van der Waals surface area contributed by atoms with Gasteiger partial charge in [0.05, 0.1) is 33.8 Å². The number of hydrogen-bond donors (Lipinski definition) is 2. The number of azo groups is 1. The minimum Gasteiger partial charge on any atom is -0.342 e. The Morgan fingerprint density at radius 3 is 2.40 bits per heavy atom. The molecule has 40 heavy (non-hydrogen) atoms. The number of halogens is 2. The van der Waals surface area contributed by atoms with Crippen LogP contribution >= 0.6 is 35.0 Å². The molecule has 0 bridgehead atoms. The molecule has 0 fully saturated rings. The quantitative estimate of drug-likeness (QED) is 0.107. The van der Waals surface area contributed by atoms with Crippen molar-refractivity contribution in [1.82, 2.24) is 20.1 Å². The number of amides is 2. The van der Waals surface area contributed by atoms with Crippen molar-refractivity contribution in [1.29, 1.82) is 0 Å². The summed E-state index contributed by atoms with van der Waals surface area (Å²) in [6, 6.07) is 20.7. The van der Waals surface area contributed by atoms with Crippen LogP contribution in [0.25, 0.3) is 0 Å². The highest BCUT2D eigenvalue weighted by atomic mass is 35.5. The lowest BCUT2D eigenvalue weighted by Crippen LogP contribution is -2.29. The number of allylic oxidation sites excluding steroid dienone is 1. The summed E-state index contributed by atoms with van der Waals surface area (Å²) >= 11 is 13.3. The van der Waals surface area contributed by atoms with E-state index in [9.17, 15) is 9.59 Å². The summed E-state index contributed by atoms with van der Waals surface area (Å²) < 4.78 is 1.80. The van der Waals surface area contributed by atoms with Gasteiger partial charge in [-0.15, -0.1) is 16.8 Å². The molecule has 0 aliphatic heterocycles. The van der Waals surface area contributed by atoms with Crippen LogP contribution in [0, 0.1) is 0 Å². The van der Waals surface area contributed by atoms with E-state index < -0.39 is 6.04 Å². The normalized spacial score (nSPS) is 11.8. The first-order chi connectivity index (χ1) is 19.3. The zero-order valence-corrected chi connectivity index (χ0v) is 23.7. The van der Waals surface area contributed by atoms with Gasteiger partial charge < -0.3 is 15.2 Å². The van der Waals surface area contributed by atoms with Gasteiger partial charge in [-0.1, -0.05) is 59.2 Å². The standard InChI is InChI=1S/C28H25Cl2N7O2S/c1-3-15-37-26(18(2)31-27(39)23-14-9-19(29)16-24(23)30)35-36-28(37)40-17-25(38)32-20-10-12-22(13-11-20)34-33-21-7-5-4-6-8-21/h3-14,16,18H,1,15,17H2,2H3,(H,31,39)(H,32,38). The molecule has 0 saturated heterocycles. The molecule has 204 valence electrons. The topological polar surface area (TPSA) is 114 Å². The Morgan fingerprint density at radius 1 is 1.02 bits per heavy atom. The van der Waals surface area contributed by atoms with Crippen LogP contribution in [0.5, 0.6) is 0 Å². The van der Waals surface area contributed by atoms with Gasteiger partial charge in [-0.05, 0) is 61.5 Å². The molecule has 0 aliphatic carbocycles. The zero-order valence-electron chi connectivity index (χ0n) is 21.4. The Bertz CT molecular complexity index is 1530. The van der Waals surface area contributed by atoms with Crippen LogP contribution in [-0.4, -0.2) is 32.3 Å². The van der Waals surface area contributed by atoms with Gasteiger partial charge in [0.15, 0.2) is 11.0 Å². The van der Waals surface area contributed by atoms with Gasteiger partial charge in [-0.25, -0.2) is 0 Å². The zero-order chi connectivity index (χ0) is 28.5. The van der Waals surface area contributed by atoms with Gasteiger partial charge in [-0.2, -0.15) is 10.2 Å². The highest BCUT2D eigenvalue weighted by Gasteiger charge is 2.21. The molecule has 1 aromatic heterocycles. The fraction of sp³-hybridized carbons (Fsp3) is 0.143. The first-order valence-electron chi connectivity index (χ1n) is 12.1. The van der Waals surface area contributed by atoms with Crippen molar-refractivity contribution < 1.29 is 9.59 Å². The third kappa shape index (κ3) is 7.78. The molecule has 3 aromatic carbocycles. The average Bonchev–Trinajstić information content (AvgIpc) is 3.35. The predicted molar refractivity (Wildman–Crippen MR) is 159 cm³/mol. The van der Waals surface area contributed by atoms with Gasteiger partial charge in [0.25, 0.3) is 5.91 Å². The average molecular weight is 595 g/mol. The first-order valence-corrected chi connectivity index (χ1v) is 13.9. The highest BCUT2D eigenvalue weighted by molar-refractivity contribution is 7.99. The summed E-state index contributed by atoms with van der Waals surface area (Å²) in [6.07, 6.45) is 1.69. The van der Waals surface area contributed by atoms with Crippen LogP contribution in [0.4, 0.5) is 17.1 Å². The summed E-state index contributed by atoms with van der Waals surface area (Å²) in [7, 11) is 0. The molecule has 1 heterocycles. The lowest BCUT2D eigenvalue weighted by atomic mass is 10.2. The number of aromatic nitrogens is 3. The second-order valence-electron chi connectivity index (χ2n) is 8.48. The predicted octanol–water partition coefficient (Wildman–Crippen LogP) is 7.41. The van der Waals surface area contributed by atoms with Gasteiger partial charge >= 0.3 is 0 Å². The van der Waals surface area contributed by atoms with E-state index in [1.807, 2.05) is 30.3 Å². The van der Waals surface area contributed by atoms with Crippen LogP contribution in [0.3, 0.4) is 0 Å². The maximum atomic E-state index is 12.8. The molecule has 0 saturated carbocycles. The molecular weight excluding hydrogens is 569 g/mol. The number of thioether (sulfide) groups is 1. The van der Waals surface area contributed by atoms with Crippen LogP contribution in [-0.2, 0) is 11.3 Å². The fourth-order valence-corrected chi connectivity index (χ4v) is 4.84. The molecule has 9 nitrogen and oxygen atoms in total. The van der Waals surface area contributed by atoms with Gasteiger partial charge in [0.2, 0.25) is 5.91 Å². The minimum absolute atomic E-state index is 0.103. The highest BCUT2D eigenvalue weighted by Crippen LogP contribution is 2.25. The van der Waals surface area contributed by atoms with Crippen molar-refractivity contribution in [3.05, 3.63) is 107 Å². The Kier molecular flexibility index (Phi) is 10.1. The Hall–Kier alpha value is -3.99. The molecule has 12 heteroatoms. The monoisotopic (exact) mass is 593 g/mol. The van der Waals surface area contributed by atoms with E-state index in [1.54, 1.807) is 54.0 Å². The molecule has 0 aliphatic rings. The number of nitrogens with zero attached hydrogens (tertiary/aromatic N) is 5. The van der Waals surface area contributed by atoms with Gasteiger partial charge in [-0.3, -0.25) is 9.59 Å². The van der Waals surface area contributed by atoms with Crippen molar-refractivity contribution in [3.8, 4) is 0 Å². The van der Waals surface area contributed by atoms with Crippen molar-refractivity contribution in [2.75, 3.05) is 11.1 Å². The Balaban J connectivity index is 1.35. The number of nitrogens with one attached hydrogen (secondary N) is 2. The van der Waals surface area contributed by atoms with E-state index in [4.69, 9.17) is 23.2 Å². The molecule has 4 aromatic rings. The van der Waals surface area contributed by atoms with Gasteiger partial charge in [0, 0.05) is 17.3 Å². The van der Waals surface area contributed by atoms with E-state index in [0.29, 0.717) is 39.5 Å². The maximum Gasteiger partial charge on any atom is 0.253 e. The summed E-state index contributed by atoms with van der Waals surface area (Å²) in [5.74, 6) is 0.0355. The number of carbonyl (C=O) groups is 2. The SMILES string of the molecule is C=CCn1c(SCC(=O)Nc2ccc(N=Nc3ccccc3)cc2)nnc1C(C)NC(=O)c1ccc(Cl)cc1Cl. The molecule has 4 rings (SSSR count). The number of anilines is 1. The number of rotatable bonds is 11. The van der Waals surface area contributed by atoms with E-state index in [-0.39, 0.29) is 22.6 Å². The van der Waals surface area contributed by atoms with Crippen molar-refractivity contribution >= 4 is 63.8 Å². The molecule has 0 radical (unpaired) electrons. The van der Waals surface area contributed by atoms with Crippen LogP contribution in [0.15, 0.2) is 101 Å². The third-order valence-corrected chi connectivity index (χ3v) is 7.00. The smallest absolute Gasteiger partial charge is 0.253 e. The number of benzene rings is 3. The Labute approximate surface area is 245 Å². The molecule has 0 spiro atoms. The third-order valence-electron chi connectivity index (χ3n) is 5.49. The van der Waals surface area contributed by atoms with E-state index in [2.05, 4.69) is 37.6 Å². The lowest BCUT2D eigenvalue weighted by Gasteiger charge is -2.16. The minimum atomic E-state index is -0.493. The number of carbonyl (C=O) groups excluding carboxylic acids is 2. The van der Waals surface area contributed by atoms with Gasteiger partial charge in [0.1, 0.15) is 0 Å². The summed E-state index contributed by atoms with van der Waals surface area (Å²) in [5.41, 5.74) is 2.36. The maximum absolute atomic E-state index is 12.8. The second kappa shape index (κ2) is 13.9. The molecule has 1 atom stereocenters. The van der Waals surface area contributed by atoms with Crippen LogP contribution in [0.1, 0.15) is 29.1 Å². The lowest BCUT2D eigenvalue weighted by molar-refractivity contribution is -0.113. The molecule has 2 N–H and O–H groups in total. The summed E-state index contributed by atoms with van der Waals surface area (Å²) in [4.78, 5) is 25.4. The first kappa shape index (κ1) is 29.0.